The first kappa shape index (κ1) is 44.6. The van der Waals surface area contributed by atoms with Crippen molar-refractivity contribution in [2.24, 2.45) is 17.8 Å². The topological polar surface area (TPSA) is 155 Å². The lowest BCUT2D eigenvalue weighted by Crippen LogP contribution is -2.66. The van der Waals surface area contributed by atoms with Gasteiger partial charge < -0.3 is 29.9 Å². The Bertz CT molecular complexity index is 1570. The summed E-state index contributed by atoms with van der Waals surface area (Å²) in [5, 5.41) is 17.7. The van der Waals surface area contributed by atoms with Gasteiger partial charge in [-0.25, -0.2) is 4.98 Å². The first-order valence-electron chi connectivity index (χ1n) is 19.5. The number of nitrogens with zero attached hydrogens (tertiary/aromatic N) is 3. The molecular weight excluding hydrogens is 707 g/mol. The molecule has 0 spiro atoms. The maximum Gasteiger partial charge on any atom is 0.306 e. The normalized spacial score (nSPS) is 20.6. The Hall–Kier alpha value is -3.84. The van der Waals surface area contributed by atoms with Crippen molar-refractivity contribution in [3.8, 4) is 0 Å². The summed E-state index contributed by atoms with van der Waals surface area (Å²) in [5.74, 6) is -3.06. The van der Waals surface area contributed by atoms with Crippen molar-refractivity contribution in [3.05, 3.63) is 52.0 Å². The molecule has 0 bridgehead atoms. The third-order valence-corrected chi connectivity index (χ3v) is 12.4. The van der Waals surface area contributed by atoms with Crippen LogP contribution in [-0.4, -0.2) is 100.0 Å². The number of hydrogen-bond acceptors (Lipinski definition) is 8. The number of likely N-dealkylation sites (N-methyl/N-ethyl adjacent to an activating group) is 2. The quantitative estimate of drug-likeness (QED) is 0.116. The molecule has 2 aromatic rings. The first-order chi connectivity index (χ1) is 25.4. The number of rotatable bonds is 19. The van der Waals surface area contributed by atoms with Crippen molar-refractivity contribution >= 4 is 41.0 Å². The summed E-state index contributed by atoms with van der Waals surface area (Å²) < 4.78 is 6.44. The van der Waals surface area contributed by atoms with Gasteiger partial charge in [0.1, 0.15) is 16.7 Å². The number of benzene rings is 1. The Morgan fingerprint density at radius 2 is 1.69 bits per heavy atom. The van der Waals surface area contributed by atoms with Gasteiger partial charge in [-0.2, -0.15) is 0 Å². The van der Waals surface area contributed by atoms with Crippen LogP contribution in [0.1, 0.15) is 121 Å². The lowest BCUT2D eigenvalue weighted by molar-refractivity contribution is -0.948. The highest BCUT2D eigenvalue weighted by molar-refractivity contribution is 7.09. The van der Waals surface area contributed by atoms with E-state index in [0.717, 1.165) is 31.4 Å². The van der Waals surface area contributed by atoms with Crippen LogP contribution in [0.25, 0.3) is 0 Å². The number of carbonyl (C=O) groups excluding carboxylic acids is 4. The van der Waals surface area contributed by atoms with Crippen molar-refractivity contribution in [2.45, 2.75) is 137 Å². The van der Waals surface area contributed by atoms with Gasteiger partial charge in [0.25, 0.3) is 11.8 Å². The maximum atomic E-state index is 14.4. The van der Waals surface area contributed by atoms with Crippen LogP contribution in [-0.2, 0) is 30.3 Å². The number of carboxylic acids is 1. The zero-order chi connectivity index (χ0) is 40.3. The molecule has 300 valence electrons. The smallest absolute Gasteiger partial charge is 0.306 e. The number of aromatic nitrogens is 1. The van der Waals surface area contributed by atoms with Gasteiger partial charge in [0.2, 0.25) is 5.91 Å². The molecule has 0 radical (unpaired) electrons. The first-order valence-corrected chi connectivity index (χ1v) is 20.4. The van der Waals surface area contributed by atoms with Gasteiger partial charge in [-0.1, -0.05) is 71.4 Å². The molecule has 1 saturated heterocycles. The number of ether oxygens (including phenoxy) is 1. The van der Waals surface area contributed by atoms with E-state index in [-0.39, 0.29) is 54.3 Å². The highest BCUT2D eigenvalue weighted by Crippen LogP contribution is 2.32. The van der Waals surface area contributed by atoms with E-state index >= 15 is 0 Å². The number of aliphatic carboxylic acids is 1. The monoisotopic (exact) mass is 770 g/mol. The molecule has 1 aromatic carbocycles. The van der Waals surface area contributed by atoms with Crippen LogP contribution < -0.4 is 10.6 Å². The van der Waals surface area contributed by atoms with Gasteiger partial charge in [-0.3, -0.25) is 24.0 Å². The second-order valence-electron chi connectivity index (χ2n) is 16.0. The second kappa shape index (κ2) is 20.2. The molecule has 3 amide bonds. The zero-order valence-corrected chi connectivity index (χ0v) is 34.8. The van der Waals surface area contributed by atoms with E-state index in [4.69, 9.17) is 4.74 Å². The summed E-state index contributed by atoms with van der Waals surface area (Å²) in [6.07, 6.45) is 3.58. The fourth-order valence-corrected chi connectivity index (χ4v) is 8.33. The number of amides is 3. The minimum absolute atomic E-state index is 0.0535. The van der Waals surface area contributed by atoms with Crippen molar-refractivity contribution in [2.75, 3.05) is 20.6 Å². The summed E-state index contributed by atoms with van der Waals surface area (Å²) in [4.78, 5) is 72.2. The summed E-state index contributed by atoms with van der Waals surface area (Å²) in [5.41, 5.74) is 1.10. The standard InChI is InChI=1S/C41H63N5O7S/c1-11-27(6)36(44-38(49)34-19-15-16-20-46(34,10)26(4)5)40(50)45(9)33(25(2)3)23-35(53-29(8)47)39-43-32(24-54-39)37(48)42-31(21-28(7)41(51)52)22-30-17-13-12-14-18-30/h12-14,17-18,24-28,31,33-36H,11,15-16,19-23H2,1-10H3,(H2-,42,44,48,49,51,52)/p+1/t27-,28-,31+,33+,34+,35+,36-,46?/m0/s1. The zero-order valence-electron chi connectivity index (χ0n) is 34.0. The molecule has 2 heterocycles. The average molecular weight is 771 g/mol. The third kappa shape index (κ3) is 11.8. The van der Waals surface area contributed by atoms with E-state index in [9.17, 15) is 29.1 Å². The Morgan fingerprint density at radius 3 is 2.26 bits per heavy atom. The van der Waals surface area contributed by atoms with E-state index in [0.29, 0.717) is 22.3 Å². The highest BCUT2D eigenvalue weighted by atomic mass is 32.1. The predicted octanol–water partition coefficient (Wildman–Crippen LogP) is 6.01. The van der Waals surface area contributed by atoms with Crippen molar-refractivity contribution in [1.29, 1.82) is 0 Å². The molecule has 1 unspecified atom stereocenters. The molecule has 3 rings (SSSR count). The molecular formula is C41H64N5O7S+. The molecule has 12 nitrogen and oxygen atoms in total. The lowest BCUT2D eigenvalue weighted by atomic mass is 9.92. The lowest BCUT2D eigenvalue weighted by Gasteiger charge is -2.47. The van der Waals surface area contributed by atoms with Crippen LogP contribution in [0.15, 0.2) is 35.7 Å². The number of hydrogen-bond donors (Lipinski definition) is 3. The van der Waals surface area contributed by atoms with Crippen molar-refractivity contribution in [1.82, 2.24) is 20.5 Å². The SMILES string of the molecule is CC[C@H](C)[C@H](NC(=O)[C@H]1CCCC[N+]1(C)C(C)C)C(=O)N(C)[C@H](C[C@@H](OC(C)=O)c1nc(C(=O)N[C@@H](Cc2ccccc2)C[C@H](C)C(=O)O)cs1)C(C)C. The van der Waals surface area contributed by atoms with Gasteiger partial charge in [0.15, 0.2) is 12.1 Å². The van der Waals surface area contributed by atoms with Crippen molar-refractivity contribution in [3.63, 3.8) is 0 Å². The number of quaternary nitrogens is 1. The molecule has 13 heteroatoms. The minimum Gasteiger partial charge on any atom is -0.481 e. The Kier molecular flexibility index (Phi) is 16.7. The van der Waals surface area contributed by atoms with Crippen LogP contribution in [0.5, 0.6) is 0 Å². The summed E-state index contributed by atoms with van der Waals surface area (Å²) >= 11 is 1.19. The molecule has 54 heavy (non-hydrogen) atoms. The summed E-state index contributed by atoms with van der Waals surface area (Å²) in [6, 6.07) is 7.99. The van der Waals surface area contributed by atoms with Gasteiger partial charge in [-0.15, -0.1) is 11.3 Å². The van der Waals surface area contributed by atoms with Crippen LogP contribution in [0.4, 0.5) is 0 Å². The molecule has 1 aromatic heterocycles. The Balaban J connectivity index is 1.83. The summed E-state index contributed by atoms with van der Waals surface area (Å²) in [7, 11) is 3.88. The van der Waals surface area contributed by atoms with E-state index < -0.39 is 48.0 Å². The maximum absolute atomic E-state index is 14.4. The molecule has 1 fully saturated rings. The Morgan fingerprint density at radius 1 is 1.02 bits per heavy atom. The number of carbonyl (C=O) groups is 5. The third-order valence-electron chi connectivity index (χ3n) is 11.5. The molecule has 0 saturated carbocycles. The number of carboxylic acid groups (broad SMARTS) is 1. The molecule has 1 aliphatic rings. The molecule has 3 N–H and O–H groups in total. The van der Waals surface area contributed by atoms with E-state index in [1.54, 1.807) is 24.3 Å². The molecule has 0 aliphatic carbocycles. The number of esters is 1. The fourth-order valence-electron chi connectivity index (χ4n) is 7.49. The van der Waals surface area contributed by atoms with Gasteiger partial charge in [0, 0.05) is 44.3 Å². The number of piperidine rings is 1. The largest absolute Gasteiger partial charge is 0.481 e. The Labute approximate surface area is 326 Å². The van der Waals surface area contributed by atoms with Gasteiger partial charge in [-0.05, 0) is 56.9 Å². The predicted molar refractivity (Wildman–Crippen MR) is 211 cm³/mol. The molecule has 1 aliphatic heterocycles. The van der Waals surface area contributed by atoms with Crippen LogP contribution >= 0.6 is 11.3 Å². The van der Waals surface area contributed by atoms with Crippen LogP contribution in [0.3, 0.4) is 0 Å². The number of thiazole rings is 1. The summed E-state index contributed by atoms with van der Waals surface area (Å²) in [6.45, 7) is 16.1. The van der Waals surface area contributed by atoms with Crippen molar-refractivity contribution < 1.29 is 38.3 Å². The number of nitrogens with one attached hydrogen (secondary N) is 2. The average Bonchev–Trinajstić information content (AvgIpc) is 3.62. The number of likely N-dealkylation sites (tertiary alicyclic amines) is 1. The molecule has 8 atom stereocenters. The minimum atomic E-state index is -0.943. The van der Waals surface area contributed by atoms with Crippen LogP contribution in [0, 0.1) is 17.8 Å². The van der Waals surface area contributed by atoms with E-state index in [2.05, 4.69) is 36.5 Å². The fraction of sp³-hybridized carbons (Fsp3) is 0.659. The van der Waals surface area contributed by atoms with Gasteiger partial charge in [0.05, 0.1) is 25.6 Å². The van der Waals surface area contributed by atoms with E-state index in [1.807, 2.05) is 58.0 Å². The van der Waals surface area contributed by atoms with Gasteiger partial charge >= 0.3 is 11.9 Å². The van der Waals surface area contributed by atoms with Crippen LogP contribution in [0.2, 0.25) is 0 Å². The highest BCUT2D eigenvalue weighted by Gasteiger charge is 2.44. The van der Waals surface area contributed by atoms with E-state index in [1.165, 1.54) is 18.3 Å². The second-order valence-corrected chi connectivity index (χ2v) is 16.9.